The van der Waals surface area contributed by atoms with E-state index in [0.29, 0.717) is 43.8 Å². The molecule has 0 saturated carbocycles. The molecule has 0 radical (unpaired) electrons. The number of aromatic hydroxyl groups is 2. The van der Waals surface area contributed by atoms with Crippen LogP contribution in [0.3, 0.4) is 0 Å². The molecule has 1 fully saturated rings. The number of aryl methyl sites for hydroxylation is 1. The van der Waals surface area contributed by atoms with Crippen molar-refractivity contribution in [3.63, 3.8) is 0 Å². The third kappa shape index (κ3) is 4.02. The van der Waals surface area contributed by atoms with Crippen molar-refractivity contribution in [1.29, 1.82) is 0 Å². The monoisotopic (exact) mass is 640 g/mol. The van der Waals surface area contributed by atoms with E-state index in [9.17, 15) is 40.2 Å². The number of benzene rings is 3. The second-order valence-corrected chi connectivity index (χ2v) is 11.7. The zero-order chi connectivity index (χ0) is 32.9. The lowest BCUT2D eigenvalue weighted by Crippen LogP contribution is -2.56. The summed E-state index contributed by atoms with van der Waals surface area (Å²) in [7, 11) is 1.72. The minimum Gasteiger partial charge on any atom is -0.508 e. The molecule has 5 atom stereocenters. The Balaban J connectivity index is 1.50. The van der Waals surface area contributed by atoms with Crippen LogP contribution in [-0.2, 0) is 18.3 Å². The predicted octanol–water partition coefficient (Wildman–Crippen LogP) is 0.914. The smallest absolute Gasteiger partial charge is 0.276 e. The molecule has 0 bridgehead atoms. The molecule has 5 heterocycles. The van der Waals surface area contributed by atoms with Crippen molar-refractivity contribution in [2.24, 2.45) is 7.05 Å². The molecule has 0 spiro atoms. The molecule has 7 N–H and O–H groups in total. The molecule has 2 aliphatic heterocycles. The number of phenolic OH excluding ortho intramolecular Hbond substituents is 2. The topological polar surface area (TPSA) is 216 Å². The van der Waals surface area contributed by atoms with Crippen LogP contribution in [0.15, 0.2) is 55.0 Å². The SMILES string of the molecule is Cn1c2cc(O)ccc2c2c3c(c4c5ccc(O)cc5n(C5O[C@H](CO)C(O)C(O)C5O)c4c21)C(=O)N(NCc1cnccn1)C3=O. The molecular weight excluding hydrogens is 612 g/mol. The number of aliphatic hydroxyl groups is 4. The van der Waals surface area contributed by atoms with E-state index >= 15 is 0 Å². The van der Waals surface area contributed by atoms with Crippen molar-refractivity contribution in [2.75, 3.05) is 6.61 Å². The zero-order valence-corrected chi connectivity index (χ0v) is 24.6. The number of nitrogens with zero attached hydrogens (tertiary/aromatic N) is 5. The van der Waals surface area contributed by atoms with Gasteiger partial charge in [0.2, 0.25) is 0 Å². The molecule has 15 heteroatoms. The lowest BCUT2D eigenvalue weighted by molar-refractivity contribution is -0.249. The van der Waals surface area contributed by atoms with Crippen LogP contribution in [0.1, 0.15) is 32.6 Å². The maximum atomic E-state index is 14.4. The number of ether oxygens (including phenoxy) is 1. The number of carbonyl (C=O) groups is 2. The first-order valence-electron chi connectivity index (χ1n) is 14.7. The van der Waals surface area contributed by atoms with Gasteiger partial charge in [0, 0.05) is 59.3 Å². The van der Waals surface area contributed by atoms with Crippen LogP contribution in [0.2, 0.25) is 0 Å². The van der Waals surface area contributed by atoms with Gasteiger partial charge in [-0.25, -0.2) is 10.4 Å². The number of hydrogen-bond acceptors (Lipinski definition) is 12. The summed E-state index contributed by atoms with van der Waals surface area (Å²) in [6.45, 7) is -0.670. The van der Waals surface area contributed by atoms with Crippen LogP contribution in [0.25, 0.3) is 43.6 Å². The van der Waals surface area contributed by atoms with Gasteiger partial charge in [-0.1, -0.05) is 0 Å². The van der Waals surface area contributed by atoms with Crippen molar-refractivity contribution in [3.05, 3.63) is 71.8 Å². The summed E-state index contributed by atoms with van der Waals surface area (Å²) in [5.41, 5.74) is 5.03. The Bertz CT molecular complexity index is 2280. The van der Waals surface area contributed by atoms with Gasteiger partial charge in [0.15, 0.2) is 6.23 Å². The standard InChI is InChI=1S/C32H28N6O9/c1-36-18-8-14(40)2-4-16(18)21-23-24(31(46)38(30(23)45)35-11-13-10-33-6-7-34-13)22-17-5-3-15(41)9-19(17)37(26(22)25(21)36)32-29(44)28(43)27(42)20(12-39)47-32/h2-10,20,27-29,32,35,39-44H,11-12H2,1H3/t20-,27?,28?,29?,32?/m1/s1. The van der Waals surface area contributed by atoms with Gasteiger partial charge in [-0.3, -0.25) is 19.6 Å². The molecule has 240 valence electrons. The van der Waals surface area contributed by atoms with Gasteiger partial charge in [0.1, 0.15) is 35.9 Å². The quantitative estimate of drug-likeness (QED) is 0.131. The fourth-order valence-corrected chi connectivity index (χ4v) is 7.02. The van der Waals surface area contributed by atoms with E-state index in [0.717, 1.165) is 5.01 Å². The van der Waals surface area contributed by atoms with E-state index in [1.807, 2.05) is 0 Å². The van der Waals surface area contributed by atoms with Gasteiger partial charge in [-0.15, -0.1) is 0 Å². The van der Waals surface area contributed by atoms with E-state index in [4.69, 9.17) is 4.74 Å². The largest absolute Gasteiger partial charge is 0.508 e. The van der Waals surface area contributed by atoms with Gasteiger partial charge in [-0.2, -0.15) is 0 Å². The molecule has 4 unspecified atom stereocenters. The number of phenols is 2. The lowest BCUT2D eigenvalue weighted by atomic mass is 9.96. The summed E-state index contributed by atoms with van der Waals surface area (Å²) in [6.07, 6.45) is -3.29. The number of amides is 2. The molecule has 6 aromatic rings. The number of carbonyl (C=O) groups excluding carboxylic acids is 2. The summed E-state index contributed by atoms with van der Waals surface area (Å²) in [6, 6.07) is 9.01. The third-order valence-corrected chi connectivity index (χ3v) is 9.14. The molecule has 2 amide bonds. The maximum absolute atomic E-state index is 14.4. The van der Waals surface area contributed by atoms with Crippen LogP contribution in [0.4, 0.5) is 0 Å². The van der Waals surface area contributed by atoms with Crippen LogP contribution in [0, 0.1) is 0 Å². The number of rotatable bonds is 5. The van der Waals surface area contributed by atoms with Gasteiger partial charge >= 0.3 is 0 Å². The minimum absolute atomic E-state index is 0.00943. The van der Waals surface area contributed by atoms with Gasteiger partial charge in [0.05, 0.1) is 52.0 Å². The van der Waals surface area contributed by atoms with Crippen LogP contribution >= 0.6 is 0 Å². The Kier molecular flexibility index (Phi) is 6.49. The van der Waals surface area contributed by atoms with Crippen molar-refractivity contribution in [1.82, 2.24) is 29.5 Å². The summed E-state index contributed by atoms with van der Waals surface area (Å²) in [4.78, 5) is 36.9. The Morgan fingerprint density at radius 2 is 1.49 bits per heavy atom. The van der Waals surface area contributed by atoms with Gasteiger partial charge < -0.3 is 44.5 Å². The second kappa shape index (κ2) is 10.4. The van der Waals surface area contributed by atoms with Crippen LogP contribution < -0.4 is 5.43 Å². The number of imide groups is 1. The molecule has 0 aliphatic carbocycles. The molecule has 15 nitrogen and oxygen atoms in total. The number of aliphatic hydroxyl groups excluding tert-OH is 4. The second-order valence-electron chi connectivity index (χ2n) is 11.7. The van der Waals surface area contributed by atoms with Crippen LogP contribution in [0.5, 0.6) is 11.5 Å². The molecule has 47 heavy (non-hydrogen) atoms. The minimum atomic E-state index is -1.73. The van der Waals surface area contributed by atoms with Gasteiger partial charge in [0.25, 0.3) is 11.8 Å². The molecule has 3 aromatic carbocycles. The number of aromatic nitrogens is 4. The van der Waals surface area contributed by atoms with E-state index in [2.05, 4.69) is 15.4 Å². The Morgan fingerprint density at radius 3 is 2.13 bits per heavy atom. The summed E-state index contributed by atoms with van der Waals surface area (Å²) < 4.78 is 9.26. The molecular formula is C32H28N6O9. The molecule has 1 saturated heterocycles. The summed E-state index contributed by atoms with van der Waals surface area (Å²) >= 11 is 0. The van der Waals surface area contributed by atoms with Crippen molar-refractivity contribution >= 4 is 55.4 Å². The maximum Gasteiger partial charge on any atom is 0.276 e. The number of fused-ring (bicyclic) bond motifs is 10. The molecule has 3 aromatic heterocycles. The Labute approximate surface area is 264 Å². The normalized spacial score (nSPS) is 23.2. The average Bonchev–Trinajstić information content (AvgIpc) is 3.63. The first kappa shape index (κ1) is 29.3. The van der Waals surface area contributed by atoms with Crippen LogP contribution in [-0.4, -0.2) is 97.6 Å². The lowest BCUT2D eigenvalue weighted by Gasteiger charge is -2.41. The van der Waals surface area contributed by atoms with E-state index in [-0.39, 0.29) is 34.7 Å². The number of hydrazine groups is 1. The highest BCUT2D eigenvalue weighted by atomic mass is 16.6. The fraction of sp³-hybridized carbons (Fsp3) is 0.250. The number of hydrogen-bond donors (Lipinski definition) is 7. The Morgan fingerprint density at radius 1 is 0.851 bits per heavy atom. The fourth-order valence-electron chi connectivity index (χ4n) is 7.02. The van der Waals surface area contributed by atoms with E-state index in [1.54, 1.807) is 23.7 Å². The first-order chi connectivity index (χ1) is 22.6. The highest BCUT2D eigenvalue weighted by Gasteiger charge is 2.47. The van der Waals surface area contributed by atoms with E-state index in [1.165, 1.54) is 47.4 Å². The molecule has 2 aliphatic rings. The predicted molar refractivity (Wildman–Crippen MR) is 165 cm³/mol. The Hall–Kier alpha value is -5.16. The zero-order valence-electron chi connectivity index (χ0n) is 24.6. The average molecular weight is 641 g/mol. The van der Waals surface area contributed by atoms with Crippen molar-refractivity contribution in [2.45, 2.75) is 37.2 Å². The number of nitrogens with one attached hydrogen (secondary N) is 1. The van der Waals surface area contributed by atoms with Crippen molar-refractivity contribution < 1.29 is 45.0 Å². The summed E-state index contributed by atoms with van der Waals surface area (Å²) in [5.74, 6) is -1.49. The first-order valence-corrected chi connectivity index (χ1v) is 14.7. The highest BCUT2D eigenvalue weighted by molar-refractivity contribution is 6.39. The summed E-state index contributed by atoms with van der Waals surface area (Å²) in [5, 5.41) is 66.3. The highest BCUT2D eigenvalue weighted by Crippen LogP contribution is 2.48. The van der Waals surface area contributed by atoms with Gasteiger partial charge in [-0.05, 0) is 24.3 Å². The van der Waals surface area contributed by atoms with Crippen molar-refractivity contribution in [3.8, 4) is 11.5 Å². The molecule has 8 rings (SSSR count). The van der Waals surface area contributed by atoms with E-state index < -0.39 is 49.1 Å². The third-order valence-electron chi connectivity index (χ3n) is 9.14.